The van der Waals surface area contributed by atoms with Crippen molar-refractivity contribution in [1.82, 2.24) is 10.3 Å². The molecule has 1 aliphatic carbocycles. The largest absolute Gasteiger partial charge is 0.370 e. The van der Waals surface area contributed by atoms with Crippen molar-refractivity contribution in [2.75, 3.05) is 11.9 Å². The molecule has 1 fully saturated rings. The Kier molecular flexibility index (Phi) is 5.45. The number of nitrogens with zero attached hydrogens (tertiary/aromatic N) is 1. The van der Waals surface area contributed by atoms with Crippen molar-refractivity contribution in [3.63, 3.8) is 0 Å². The first-order chi connectivity index (χ1) is 10.0. The third-order valence-electron chi connectivity index (χ3n) is 4.21. The standard InChI is InChI=1S/C16H24ClN3O/c1-4-18-15-8-12(13(17)9-19-15)16(21)20-14-6-5-10(2)7-11(14)3/h8-11,14H,4-7H2,1-3H3,(H,18,19)(H,20,21). The van der Waals surface area contributed by atoms with Crippen LogP contribution in [0.15, 0.2) is 12.3 Å². The zero-order valence-electron chi connectivity index (χ0n) is 12.9. The van der Waals surface area contributed by atoms with Crippen molar-refractivity contribution in [1.29, 1.82) is 0 Å². The van der Waals surface area contributed by atoms with Crippen molar-refractivity contribution in [2.24, 2.45) is 11.8 Å². The molecule has 1 heterocycles. The van der Waals surface area contributed by atoms with Gasteiger partial charge in [-0.25, -0.2) is 4.98 Å². The second-order valence-corrected chi connectivity index (χ2v) is 6.46. The van der Waals surface area contributed by atoms with Crippen LogP contribution in [0, 0.1) is 11.8 Å². The molecule has 3 atom stereocenters. The molecule has 2 N–H and O–H groups in total. The first-order valence-electron chi connectivity index (χ1n) is 7.71. The number of nitrogens with one attached hydrogen (secondary N) is 2. The minimum Gasteiger partial charge on any atom is -0.370 e. The van der Waals surface area contributed by atoms with Crippen LogP contribution in [0.5, 0.6) is 0 Å². The van der Waals surface area contributed by atoms with Crippen LogP contribution in [0.2, 0.25) is 5.02 Å². The van der Waals surface area contributed by atoms with Crippen molar-refractivity contribution >= 4 is 23.3 Å². The highest BCUT2D eigenvalue weighted by molar-refractivity contribution is 6.33. The van der Waals surface area contributed by atoms with Crippen molar-refractivity contribution in [3.05, 3.63) is 22.8 Å². The lowest BCUT2D eigenvalue weighted by Gasteiger charge is -2.33. The van der Waals surface area contributed by atoms with Crippen LogP contribution < -0.4 is 10.6 Å². The smallest absolute Gasteiger partial charge is 0.253 e. The van der Waals surface area contributed by atoms with E-state index in [9.17, 15) is 4.79 Å². The molecule has 1 aliphatic rings. The van der Waals surface area contributed by atoms with E-state index in [-0.39, 0.29) is 11.9 Å². The normalized spacial score (nSPS) is 25.4. The van der Waals surface area contributed by atoms with Gasteiger partial charge >= 0.3 is 0 Å². The monoisotopic (exact) mass is 309 g/mol. The second-order valence-electron chi connectivity index (χ2n) is 6.06. The van der Waals surface area contributed by atoms with Gasteiger partial charge < -0.3 is 10.6 Å². The van der Waals surface area contributed by atoms with E-state index in [0.717, 1.165) is 25.3 Å². The van der Waals surface area contributed by atoms with Gasteiger partial charge in [-0.05, 0) is 44.1 Å². The Morgan fingerprint density at radius 2 is 2.19 bits per heavy atom. The number of hydrogen-bond donors (Lipinski definition) is 2. The predicted octanol–water partition coefficient (Wildman–Crippen LogP) is 3.72. The maximum absolute atomic E-state index is 12.5. The molecule has 116 valence electrons. The van der Waals surface area contributed by atoms with Gasteiger partial charge in [0.2, 0.25) is 0 Å². The molecular weight excluding hydrogens is 286 g/mol. The van der Waals surface area contributed by atoms with Crippen molar-refractivity contribution in [3.8, 4) is 0 Å². The third kappa shape index (κ3) is 4.10. The average molecular weight is 310 g/mol. The summed E-state index contributed by atoms with van der Waals surface area (Å²) in [6.45, 7) is 7.23. The Labute approximate surface area is 131 Å². The zero-order valence-corrected chi connectivity index (χ0v) is 13.7. The lowest BCUT2D eigenvalue weighted by Crippen LogP contribution is -2.42. The van der Waals surface area contributed by atoms with E-state index in [2.05, 4.69) is 29.5 Å². The molecular formula is C16H24ClN3O. The van der Waals surface area contributed by atoms with Gasteiger partial charge in [0.1, 0.15) is 5.82 Å². The number of rotatable bonds is 4. The topological polar surface area (TPSA) is 54.0 Å². The summed E-state index contributed by atoms with van der Waals surface area (Å²) in [6.07, 6.45) is 4.90. The number of anilines is 1. The summed E-state index contributed by atoms with van der Waals surface area (Å²) in [5, 5.41) is 6.63. The minimum absolute atomic E-state index is 0.104. The highest BCUT2D eigenvalue weighted by Gasteiger charge is 2.27. The van der Waals surface area contributed by atoms with E-state index in [1.165, 1.54) is 12.6 Å². The Morgan fingerprint density at radius 3 is 2.86 bits per heavy atom. The highest BCUT2D eigenvalue weighted by atomic mass is 35.5. The van der Waals surface area contributed by atoms with Gasteiger partial charge in [-0.3, -0.25) is 4.79 Å². The van der Waals surface area contributed by atoms with E-state index < -0.39 is 0 Å². The van der Waals surface area contributed by atoms with Crippen LogP contribution in [0.25, 0.3) is 0 Å². The number of carbonyl (C=O) groups is 1. The summed E-state index contributed by atoms with van der Waals surface area (Å²) in [5.41, 5.74) is 0.494. The summed E-state index contributed by atoms with van der Waals surface area (Å²) in [5.74, 6) is 1.83. The maximum atomic E-state index is 12.5. The molecule has 21 heavy (non-hydrogen) atoms. The Morgan fingerprint density at radius 1 is 1.43 bits per heavy atom. The van der Waals surface area contributed by atoms with E-state index in [1.54, 1.807) is 6.07 Å². The van der Waals surface area contributed by atoms with Gasteiger partial charge in [0.05, 0.1) is 10.6 Å². The predicted molar refractivity (Wildman–Crippen MR) is 86.8 cm³/mol. The Balaban J connectivity index is 2.07. The number of amides is 1. The van der Waals surface area contributed by atoms with Crippen molar-refractivity contribution < 1.29 is 4.79 Å². The van der Waals surface area contributed by atoms with E-state index >= 15 is 0 Å². The fourth-order valence-electron chi connectivity index (χ4n) is 3.02. The molecule has 0 aromatic carbocycles. The summed E-state index contributed by atoms with van der Waals surface area (Å²) in [4.78, 5) is 16.6. The first-order valence-corrected chi connectivity index (χ1v) is 8.09. The molecule has 1 saturated carbocycles. The van der Waals surface area contributed by atoms with Crippen LogP contribution in [-0.2, 0) is 0 Å². The van der Waals surface area contributed by atoms with Crippen molar-refractivity contribution in [2.45, 2.75) is 46.1 Å². The van der Waals surface area contributed by atoms with Gasteiger partial charge in [0, 0.05) is 18.8 Å². The SMILES string of the molecule is CCNc1cc(C(=O)NC2CCC(C)CC2C)c(Cl)cn1. The van der Waals surface area contributed by atoms with E-state index in [0.29, 0.717) is 22.3 Å². The lowest BCUT2D eigenvalue weighted by molar-refractivity contribution is 0.0899. The molecule has 3 unspecified atom stereocenters. The lowest BCUT2D eigenvalue weighted by atomic mass is 9.80. The van der Waals surface area contributed by atoms with Gasteiger partial charge in [0.15, 0.2) is 0 Å². The molecule has 4 nitrogen and oxygen atoms in total. The van der Waals surface area contributed by atoms with Crippen LogP contribution in [-0.4, -0.2) is 23.5 Å². The zero-order chi connectivity index (χ0) is 15.4. The van der Waals surface area contributed by atoms with E-state index in [4.69, 9.17) is 11.6 Å². The fourth-order valence-corrected chi connectivity index (χ4v) is 3.21. The first kappa shape index (κ1) is 16.1. The maximum Gasteiger partial charge on any atom is 0.253 e. The molecule has 1 amide bonds. The molecule has 1 aromatic rings. The molecule has 2 rings (SSSR count). The number of halogens is 1. The van der Waals surface area contributed by atoms with Gasteiger partial charge in [-0.15, -0.1) is 0 Å². The van der Waals surface area contributed by atoms with Gasteiger partial charge in [-0.1, -0.05) is 25.4 Å². The van der Waals surface area contributed by atoms with Crippen LogP contribution >= 0.6 is 11.6 Å². The van der Waals surface area contributed by atoms with Crippen LogP contribution in [0.4, 0.5) is 5.82 Å². The molecule has 0 bridgehead atoms. The summed E-state index contributed by atoms with van der Waals surface area (Å²) in [6, 6.07) is 1.96. The Hall–Kier alpha value is -1.29. The molecule has 0 aliphatic heterocycles. The minimum atomic E-state index is -0.104. The average Bonchev–Trinajstić information content (AvgIpc) is 2.44. The third-order valence-corrected chi connectivity index (χ3v) is 4.51. The van der Waals surface area contributed by atoms with Gasteiger partial charge in [0.25, 0.3) is 5.91 Å². The van der Waals surface area contributed by atoms with Crippen LogP contribution in [0.1, 0.15) is 50.4 Å². The quantitative estimate of drug-likeness (QED) is 0.891. The number of carbonyl (C=O) groups excluding carboxylic acids is 1. The number of hydrogen-bond acceptors (Lipinski definition) is 3. The molecule has 5 heteroatoms. The molecule has 0 saturated heterocycles. The number of pyridine rings is 1. The summed E-state index contributed by atoms with van der Waals surface area (Å²) < 4.78 is 0. The Bertz CT molecular complexity index is 506. The highest BCUT2D eigenvalue weighted by Crippen LogP contribution is 2.29. The van der Waals surface area contributed by atoms with Gasteiger partial charge in [-0.2, -0.15) is 0 Å². The molecule has 1 aromatic heterocycles. The molecule has 0 spiro atoms. The number of aromatic nitrogens is 1. The fraction of sp³-hybridized carbons (Fsp3) is 0.625. The summed E-state index contributed by atoms with van der Waals surface area (Å²) >= 11 is 6.12. The molecule has 0 radical (unpaired) electrons. The second kappa shape index (κ2) is 7.12. The van der Waals surface area contributed by atoms with E-state index in [1.807, 2.05) is 6.92 Å². The summed E-state index contributed by atoms with van der Waals surface area (Å²) in [7, 11) is 0. The van der Waals surface area contributed by atoms with Crippen LogP contribution in [0.3, 0.4) is 0 Å².